The Hall–Kier alpha value is -2.79. The lowest BCUT2D eigenvalue weighted by Crippen LogP contribution is -2.40. The minimum atomic E-state index is -0.965. The molecule has 0 bridgehead atoms. The van der Waals surface area contributed by atoms with E-state index < -0.39 is 6.09 Å². The maximum absolute atomic E-state index is 11.2. The molecule has 0 spiro atoms. The zero-order valence-electron chi connectivity index (χ0n) is 12.7. The van der Waals surface area contributed by atoms with Crippen molar-refractivity contribution in [1.29, 1.82) is 5.26 Å². The second-order valence-electron chi connectivity index (χ2n) is 5.56. The number of amides is 1. The predicted molar refractivity (Wildman–Crippen MR) is 87.5 cm³/mol. The van der Waals surface area contributed by atoms with E-state index in [2.05, 4.69) is 16.2 Å². The van der Waals surface area contributed by atoms with Crippen LogP contribution in [0.4, 0.5) is 10.6 Å². The first-order valence-electron chi connectivity index (χ1n) is 7.39. The molecule has 0 saturated carbocycles. The van der Waals surface area contributed by atoms with Gasteiger partial charge < -0.3 is 15.7 Å². The lowest BCUT2D eigenvalue weighted by molar-refractivity contribution is 0.120. The fourth-order valence-electron chi connectivity index (χ4n) is 2.88. The third-order valence-corrected chi connectivity index (χ3v) is 4.30. The summed E-state index contributed by atoms with van der Waals surface area (Å²) in [6.07, 6.45) is 2.03. The number of carboxylic acid groups (broad SMARTS) is 1. The van der Waals surface area contributed by atoms with E-state index in [4.69, 9.17) is 17.3 Å². The van der Waals surface area contributed by atoms with Crippen LogP contribution in [0.15, 0.2) is 18.3 Å². The number of nitrogens with two attached hydrogens (primary N) is 1. The Morgan fingerprint density at radius 2 is 2.29 bits per heavy atom. The number of hydrogen-bond donors (Lipinski definition) is 2. The van der Waals surface area contributed by atoms with E-state index in [1.165, 1.54) is 11.1 Å². The van der Waals surface area contributed by atoms with Crippen molar-refractivity contribution in [3.8, 4) is 17.3 Å². The Morgan fingerprint density at radius 3 is 2.92 bits per heavy atom. The van der Waals surface area contributed by atoms with Crippen LogP contribution >= 0.6 is 11.6 Å². The van der Waals surface area contributed by atoms with Gasteiger partial charge in [0.2, 0.25) is 0 Å². The molecule has 2 aromatic heterocycles. The summed E-state index contributed by atoms with van der Waals surface area (Å²) in [4.78, 5) is 16.5. The number of pyridine rings is 1. The first-order chi connectivity index (χ1) is 11.5. The van der Waals surface area contributed by atoms with Gasteiger partial charge in [-0.1, -0.05) is 11.6 Å². The Morgan fingerprint density at radius 1 is 1.50 bits per heavy atom. The van der Waals surface area contributed by atoms with Crippen LogP contribution in [0.5, 0.6) is 0 Å². The number of nitrogen functional groups attached to an aromatic ring is 1. The van der Waals surface area contributed by atoms with E-state index in [9.17, 15) is 15.2 Å². The van der Waals surface area contributed by atoms with Gasteiger partial charge in [-0.05, 0) is 25.0 Å². The van der Waals surface area contributed by atoms with Crippen molar-refractivity contribution in [3.63, 3.8) is 0 Å². The first kappa shape index (κ1) is 16.1. The molecular weight excluding hydrogens is 332 g/mol. The van der Waals surface area contributed by atoms with Gasteiger partial charge in [-0.2, -0.15) is 10.4 Å². The van der Waals surface area contributed by atoms with Crippen LogP contribution in [0.3, 0.4) is 0 Å². The molecule has 8 nitrogen and oxygen atoms in total. The third-order valence-electron chi connectivity index (χ3n) is 4.07. The molecule has 0 radical (unpaired) electrons. The summed E-state index contributed by atoms with van der Waals surface area (Å²) in [5.74, 6) is 0.236. The highest BCUT2D eigenvalue weighted by molar-refractivity contribution is 6.29. The van der Waals surface area contributed by atoms with E-state index in [0.29, 0.717) is 29.5 Å². The van der Waals surface area contributed by atoms with Crippen LogP contribution in [-0.2, 0) is 0 Å². The van der Waals surface area contributed by atoms with Crippen molar-refractivity contribution in [3.05, 3.63) is 29.0 Å². The van der Waals surface area contributed by atoms with Crippen molar-refractivity contribution in [2.75, 3.05) is 18.8 Å². The smallest absolute Gasteiger partial charge is 0.407 e. The SMILES string of the molecule is N#Cc1c(-c2ccc(Cl)nc2)nn(C2CCCN(C(=O)O)C2)c1N. The van der Waals surface area contributed by atoms with Crippen LogP contribution in [0.2, 0.25) is 5.15 Å². The average molecular weight is 347 g/mol. The van der Waals surface area contributed by atoms with Gasteiger partial charge in [0.25, 0.3) is 0 Å². The summed E-state index contributed by atoms with van der Waals surface area (Å²) < 4.78 is 1.55. The fourth-order valence-corrected chi connectivity index (χ4v) is 2.99. The number of piperidine rings is 1. The van der Waals surface area contributed by atoms with Crippen LogP contribution in [0, 0.1) is 11.3 Å². The van der Waals surface area contributed by atoms with Gasteiger partial charge in [-0.25, -0.2) is 14.5 Å². The van der Waals surface area contributed by atoms with Crippen LogP contribution < -0.4 is 5.73 Å². The van der Waals surface area contributed by atoms with Gasteiger partial charge in [0.1, 0.15) is 28.3 Å². The number of hydrogen-bond acceptors (Lipinski definition) is 5. The molecule has 1 aliphatic rings. The second-order valence-corrected chi connectivity index (χ2v) is 5.95. The number of aromatic nitrogens is 3. The molecule has 2 aromatic rings. The predicted octanol–water partition coefficient (Wildman–Crippen LogP) is 2.37. The van der Waals surface area contributed by atoms with Crippen molar-refractivity contribution in [2.24, 2.45) is 0 Å². The Bertz CT molecular complexity index is 811. The van der Waals surface area contributed by atoms with Crippen molar-refractivity contribution in [2.45, 2.75) is 18.9 Å². The zero-order chi connectivity index (χ0) is 17.3. The van der Waals surface area contributed by atoms with Gasteiger partial charge in [0.05, 0.1) is 6.04 Å². The molecule has 3 heterocycles. The molecule has 3 rings (SSSR count). The first-order valence-corrected chi connectivity index (χ1v) is 7.77. The summed E-state index contributed by atoms with van der Waals surface area (Å²) in [7, 11) is 0. The molecule has 1 unspecified atom stereocenters. The van der Waals surface area contributed by atoms with E-state index >= 15 is 0 Å². The lowest BCUT2D eigenvalue weighted by Gasteiger charge is -2.31. The van der Waals surface area contributed by atoms with Gasteiger partial charge in [-0.15, -0.1) is 0 Å². The number of halogens is 1. The number of rotatable bonds is 2. The molecule has 1 saturated heterocycles. The number of carbonyl (C=O) groups is 1. The van der Waals surface area contributed by atoms with E-state index in [-0.39, 0.29) is 17.4 Å². The molecule has 1 atom stereocenters. The highest BCUT2D eigenvalue weighted by atomic mass is 35.5. The van der Waals surface area contributed by atoms with Crippen LogP contribution in [0.1, 0.15) is 24.4 Å². The van der Waals surface area contributed by atoms with Crippen molar-refractivity contribution < 1.29 is 9.90 Å². The topological polar surface area (TPSA) is 121 Å². The normalized spacial score (nSPS) is 17.5. The van der Waals surface area contributed by atoms with Gasteiger partial charge in [0.15, 0.2) is 0 Å². The summed E-state index contributed by atoms with van der Waals surface area (Å²) >= 11 is 5.79. The Labute approximate surface area is 143 Å². The summed E-state index contributed by atoms with van der Waals surface area (Å²) in [6.45, 7) is 0.788. The van der Waals surface area contributed by atoms with E-state index in [1.807, 2.05) is 0 Å². The van der Waals surface area contributed by atoms with Gasteiger partial charge in [-0.3, -0.25) is 0 Å². The molecular formula is C15H15ClN6O2. The Kier molecular flexibility index (Phi) is 4.27. The average Bonchev–Trinajstić information content (AvgIpc) is 2.92. The molecule has 3 N–H and O–H groups in total. The number of nitriles is 1. The quantitative estimate of drug-likeness (QED) is 0.805. The molecule has 9 heteroatoms. The van der Waals surface area contributed by atoms with Crippen molar-refractivity contribution in [1.82, 2.24) is 19.7 Å². The fraction of sp³-hybridized carbons (Fsp3) is 0.333. The molecule has 124 valence electrons. The summed E-state index contributed by atoms with van der Waals surface area (Å²) in [5.41, 5.74) is 7.41. The molecule has 1 fully saturated rings. The summed E-state index contributed by atoms with van der Waals surface area (Å²) in [6, 6.07) is 5.20. The maximum atomic E-state index is 11.2. The van der Waals surface area contributed by atoms with Crippen LogP contribution in [0.25, 0.3) is 11.3 Å². The zero-order valence-corrected chi connectivity index (χ0v) is 13.4. The van der Waals surface area contributed by atoms with Crippen molar-refractivity contribution >= 4 is 23.5 Å². The second kappa shape index (κ2) is 6.37. The van der Waals surface area contributed by atoms with E-state index in [1.54, 1.807) is 16.8 Å². The highest BCUT2D eigenvalue weighted by Crippen LogP contribution is 2.31. The molecule has 0 aromatic carbocycles. The highest BCUT2D eigenvalue weighted by Gasteiger charge is 2.28. The monoisotopic (exact) mass is 346 g/mol. The maximum Gasteiger partial charge on any atom is 0.407 e. The standard InChI is InChI=1S/C15H15ClN6O2/c16-12-4-3-9(7-19-12)13-11(6-17)14(18)22(20-13)10-2-1-5-21(8-10)15(23)24/h3-4,7,10H,1-2,5,8,18H2,(H,23,24). The minimum Gasteiger partial charge on any atom is -0.465 e. The van der Waals surface area contributed by atoms with Crippen LogP contribution in [-0.4, -0.2) is 44.0 Å². The minimum absolute atomic E-state index is 0.198. The van der Waals surface area contributed by atoms with Gasteiger partial charge in [0, 0.05) is 24.8 Å². The number of nitrogens with zero attached hydrogens (tertiary/aromatic N) is 5. The lowest BCUT2D eigenvalue weighted by atomic mass is 10.1. The summed E-state index contributed by atoms with van der Waals surface area (Å²) in [5, 5.41) is 23.4. The van der Waals surface area contributed by atoms with Gasteiger partial charge >= 0.3 is 6.09 Å². The molecule has 1 amide bonds. The third kappa shape index (κ3) is 2.86. The molecule has 24 heavy (non-hydrogen) atoms. The number of anilines is 1. The molecule has 1 aliphatic heterocycles. The molecule has 0 aliphatic carbocycles. The largest absolute Gasteiger partial charge is 0.465 e. The number of likely N-dealkylation sites (tertiary alicyclic amines) is 1. The van der Waals surface area contributed by atoms with E-state index in [0.717, 1.165) is 12.8 Å². The Balaban J connectivity index is 1.99.